The van der Waals surface area contributed by atoms with Crippen LogP contribution in [0, 0.1) is 16.0 Å². The molecule has 0 spiro atoms. The zero-order valence-corrected chi connectivity index (χ0v) is 15.9. The molecule has 0 bridgehead atoms. The van der Waals surface area contributed by atoms with E-state index >= 15 is 0 Å². The van der Waals surface area contributed by atoms with Gasteiger partial charge in [0.2, 0.25) is 5.69 Å². The fourth-order valence-electron chi connectivity index (χ4n) is 3.65. The molecular weight excluding hydrogens is 370 g/mol. The van der Waals surface area contributed by atoms with Crippen LogP contribution < -0.4 is 5.73 Å². The van der Waals surface area contributed by atoms with E-state index in [1.165, 1.54) is 0 Å². The highest BCUT2D eigenvalue weighted by molar-refractivity contribution is 5.96. The number of nitro groups is 1. The van der Waals surface area contributed by atoms with Crippen LogP contribution in [0.3, 0.4) is 0 Å². The van der Waals surface area contributed by atoms with E-state index in [0.717, 1.165) is 12.0 Å². The second kappa shape index (κ2) is 8.96. The van der Waals surface area contributed by atoms with Crippen molar-refractivity contribution in [1.82, 2.24) is 15.1 Å². The van der Waals surface area contributed by atoms with Gasteiger partial charge in [0.05, 0.1) is 4.92 Å². The number of carbonyl (C=O) groups is 1. The van der Waals surface area contributed by atoms with Crippen LogP contribution in [0.1, 0.15) is 41.0 Å². The number of aromatic amines is 1. The van der Waals surface area contributed by atoms with Gasteiger partial charge in [-0.15, -0.1) is 12.4 Å². The molecule has 1 aromatic carbocycles. The molecule has 1 fully saturated rings. The van der Waals surface area contributed by atoms with Crippen molar-refractivity contribution in [3.63, 3.8) is 0 Å². The molecule has 0 saturated carbocycles. The molecule has 0 radical (unpaired) electrons. The molecule has 2 aromatic rings. The van der Waals surface area contributed by atoms with Gasteiger partial charge in [0.25, 0.3) is 5.91 Å². The summed E-state index contributed by atoms with van der Waals surface area (Å²) >= 11 is 0. The number of hydrogen-bond acceptors (Lipinski definition) is 5. The van der Waals surface area contributed by atoms with Crippen molar-refractivity contribution in [1.29, 1.82) is 0 Å². The van der Waals surface area contributed by atoms with E-state index in [0.29, 0.717) is 31.7 Å². The van der Waals surface area contributed by atoms with E-state index in [1.807, 2.05) is 37.3 Å². The first kappa shape index (κ1) is 20.9. The summed E-state index contributed by atoms with van der Waals surface area (Å²) in [4.78, 5) is 25.5. The van der Waals surface area contributed by atoms with Gasteiger partial charge in [-0.3, -0.25) is 20.0 Å². The van der Waals surface area contributed by atoms with Gasteiger partial charge in [-0.25, -0.2) is 0 Å². The van der Waals surface area contributed by atoms with Gasteiger partial charge in [0.15, 0.2) is 0 Å². The highest BCUT2D eigenvalue weighted by Crippen LogP contribution is 2.34. The predicted molar refractivity (Wildman–Crippen MR) is 104 cm³/mol. The number of hydrogen-bond donors (Lipinski definition) is 2. The van der Waals surface area contributed by atoms with E-state index < -0.39 is 10.8 Å². The SMILES string of the molecule is CCCc1[nH]nc(C(=O)N2C[C@@H](CN)[C@H](c3ccccc3)C2)c1[N+](=O)[O-].Cl. The van der Waals surface area contributed by atoms with Gasteiger partial charge in [0, 0.05) is 19.0 Å². The van der Waals surface area contributed by atoms with Gasteiger partial charge < -0.3 is 10.6 Å². The Hall–Kier alpha value is -2.45. The minimum atomic E-state index is -0.521. The van der Waals surface area contributed by atoms with Gasteiger partial charge in [-0.1, -0.05) is 43.7 Å². The summed E-state index contributed by atoms with van der Waals surface area (Å²) in [5, 5.41) is 18.1. The second-order valence-electron chi connectivity index (χ2n) is 6.63. The number of amides is 1. The quantitative estimate of drug-likeness (QED) is 0.577. The van der Waals surface area contributed by atoms with Crippen LogP contribution in [0.2, 0.25) is 0 Å². The van der Waals surface area contributed by atoms with E-state index in [9.17, 15) is 14.9 Å². The molecule has 2 atom stereocenters. The summed E-state index contributed by atoms with van der Waals surface area (Å²) in [5.74, 6) is -0.167. The lowest BCUT2D eigenvalue weighted by molar-refractivity contribution is -0.385. The van der Waals surface area contributed by atoms with Crippen LogP contribution in [-0.2, 0) is 6.42 Å². The van der Waals surface area contributed by atoms with Crippen LogP contribution >= 0.6 is 12.4 Å². The number of rotatable bonds is 6. The first-order chi connectivity index (χ1) is 12.6. The third-order valence-corrected chi connectivity index (χ3v) is 4.96. The predicted octanol–water partition coefficient (Wildman–Crippen LogP) is 2.51. The van der Waals surface area contributed by atoms with Crippen LogP contribution in [0.4, 0.5) is 5.69 Å². The Morgan fingerprint density at radius 2 is 2.07 bits per heavy atom. The molecular formula is C18H24ClN5O3. The lowest BCUT2D eigenvalue weighted by Crippen LogP contribution is -2.30. The maximum atomic E-state index is 12.9. The maximum absolute atomic E-state index is 12.9. The monoisotopic (exact) mass is 393 g/mol. The highest BCUT2D eigenvalue weighted by atomic mass is 35.5. The van der Waals surface area contributed by atoms with Crippen molar-refractivity contribution in [2.24, 2.45) is 11.7 Å². The Morgan fingerprint density at radius 1 is 1.37 bits per heavy atom. The summed E-state index contributed by atoms with van der Waals surface area (Å²) < 4.78 is 0. The molecule has 1 saturated heterocycles. The van der Waals surface area contributed by atoms with Crippen molar-refractivity contribution in [2.45, 2.75) is 25.7 Å². The zero-order chi connectivity index (χ0) is 18.7. The van der Waals surface area contributed by atoms with Crippen molar-refractivity contribution in [2.75, 3.05) is 19.6 Å². The summed E-state index contributed by atoms with van der Waals surface area (Å²) in [5.41, 5.74) is 7.13. The molecule has 1 amide bonds. The Kier molecular flexibility index (Phi) is 6.92. The number of likely N-dealkylation sites (tertiary alicyclic amines) is 1. The molecule has 1 aliphatic rings. The molecule has 8 nitrogen and oxygen atoms in total. The van der Waals surface area contributed by atoms with Gasteiger partial charge >= 0.3 is 5.69 Å². The Morgan fingerprint density at radius 3 is 2.67 bits per heavy atom. The third kappa shape index (κ3) is 4.12. The summed E-state index contributed by atoms with van der Waals surface area (Å²) in [6.45, 7) is 3.33. The average molecular weight is 394 g/mol. The maximum Gasteiger partial charge on any atom is 0.322 e. The largest absolute Gasteiger partial charge is 0.336 e. The second-order valence-corrected chi connectivity index (χ2v) is 6.63. The molecule has 146 valence electrons. The number of nitrogens with one attached hydrogen (secondary N) is 1. The summed E-state index contributed by atoms with van der Waals surface area (Å²) in [7, 11) is 0. The van der Waals surface area contributed by atoms with E-state index in [4.69, 9.17) is 5.73 Å². The molecule has 9 heteroatoms. The van der Waals surface area contributed by atoms with Crippen LogP contribution in [0.15, 0.2) is 30.3 Å². The van der Waals surface area contributed by atoms with Crippen molar-refractivity contribution >= 4 is 24.0 Å². The molecule has 0 unspecified atom stereocenters. The number of nitrogens with zero attached hydrogens (tertiary/aromatic N) is 3. The molecule has 3 N–H and O–H groups in total. The van der Waals surface area contributed by atoms with Crippen molar-refractivity contribution in [3.05, 3.63) is 57.4 Å². The number of halogens is 1. The zero-order valence-electron chi connectivity index (χ0n) is 15.1. The summed E-state index contributed by atoms with van der Waals surface area (Å²) in [6.07, 6.45) is 1.21. The van der Waals surface area contributed by atoms with Gasteiger partial charge in [-0.2, -0.15) is 5.10 Å². The number of benzene rings is 1. The first-order valence-corrected chi connectivity index (χ1v) is 8.82. The normalized spacial score (nSPS) is 19.0. The molecule has 3 rings (SSSR count). The number of nitrogens with two attached hydrogens (primary N) is 1. The molecule has 1 aromatic heterocycles. The van der Waals surface area contributed by atoms with Gasteiger partial charge in [0.1, 0.15) is 5.69 Å². The number of carbonyl (C=O) groups excluding carboxylic acids is 1. The van der Waals surface area contributed by atoms with Crippen molar-refractivity contribution < 1.29 is 9.72 Å². The molecule has 1 aliphatic heterocycles. The summed E-state index contributed by atoms with van der Waals surface area (Å²) in [6, 6.07) is 9.92. The van der Waals surface area contributed by atoms with Crippen LogP contribution in [0.25, 0.3) is 0 Å². The molecule has 27 heavy (non-hydrogen) atoms. The fourth-order valence-corrected chi connectivity index (χ4v) is 3.65. The molecule has 2 heterocycles. The van der Waals surface area contributed by atoms with E-state index in [1.54, 1.807) is 4.90 Å². The third-order valence-electron chi connectivity index (χ3n) is 4.96. The smallest absolute Gasteiger partial charge is 0.322 e. The number of aryl methyl sites for hydroxylation is 1. The lowest BCUT2D eigenvalue weighted by Gasteiger charge is -2.16. The highest BCUT2D eigenvalue weighted by Gasteiger charge is 2.39. The Balaban J connectivity index is 0.00000261. The van der Waals surface area contributed by atoms with E-state index in [-0.39, 0.29) is 35.6 Å². The Bertz CT molecular complexity index is 796. The standard InChI is InChI=1S/C18H23N5O3.ClH/c1-2-6-15-17(23(25)26)16(21-20-15)18(24)22-10-13(9-19)14(11-22)12-7-4-3-5-8-12;/h3-5,7-8,13-14H,2,6,9-11,19H2,1H3,(H,20,21);1H/t13-,14+;/m1./s1. The average Bonchev–Trinajstić information content (AvgIpc) is 3.26. The Labute approximate surface area is 163 Å². The fraction of sp³-hybridized carbons (Fsp3) is 0.444. The van der Waals surface area contributed by atoms with Gasteiger partial charge in [-0.05, 0) is 24.4 Å². The minimum Gasteiger partial charge on any atom is -0.336 e. The minimum absolute atomic E-state index is 0. The lowest BCUT2D eigenvalue weighted by atomic mass is 9.89. The van der Waals surface area contributed by atoms with Crippen LogP contribution in [0.5, 0.6) is 0 Å². The topological polar surface area (TPSA) is 118 Å². The molecule has 0 aliphatic carbocycles. The first-order valence-electron chi connectivity index (χ1n) is 8.82. The van der Waals surface area contributed by atoms with Crippen LogP contribution in [-0.4, -0.2) is 45.6 Å². The number of H-pyrrole nitrogens is 1. The van der Waals surface area contributed by atoms with E-state index in [2.05, 4.69) is 10.2 Å². The van der Waals surface area contributed by atoms with Crippen molar-refractivity contribution in [3.8, 4) is 0 Å². The number of aromatic nitrogens is 2.